The molecular formula is C15H27Cl2N5OS. The fraction of sp³-hybridized carbons (Fsp3) is 0.667. The summed E-state index contributed by atoms with van der Waals surface area (Å²) in [6, 6.07) is 3.63. The Labute approximate surface area is 160 Å². The highest BCUT2D eigenvalue weighted by molar-refractivity contribution is 7.98. The molecule has 24 heavy (non-hydrogen) atoms. The summed E-state index contributed by atoms with van der Waals surface area (Å²) in [6.45, 7) is 1.74. The van der Waals surface area contributed by atoms with Crippen molar-refractivity contribution in [2.45, 2.75) is 31.3 Å². The van der Waals surface area contributed by atoms with Crippen LogP contribution in [0.4, 0.5) is 5.82 Å². The van der Waals surface area contributed by atoms with E-state index >= 15 is 0 Å². The van der Waals surface area contributed by atoms with Gasteiger partial charge in [-0.25, -0.2) is 0 Å². The van der Waals surface area contributed by atoms with Gasteiger partial charge in [0.2, 0.25) is 5.91 Å². The summed E-state index contributed by atoms with van der Waals surface area (Å²) in [6.07, 6.45) is 6.48. The minimum Gasteiger partial charge on any atom is -0.353 e. The number of hydrogen-bond acceptors (Lipinski definition) is 6. The van der Waals surface area contributed by atoms with E-state index in [0.29, 0.717) is 0 Å². The first-order valence-corrected chi connectivity index (χ1v) is 9.06. The van der Waals surface area contributed by atoms with Crippen LogP contribution in [0.2, 0.25) is 0 Å². The number of halogens is 2. The van der Waals surface area contributed by atoms with Gasteiger partial charge in [0.05, 0.1) is 6.04 Å². The van der Waals surface area contributed by atoms with E-state index < -0.39 is 6.04 Å². The highest BCUT2D eigenvalue weighted by Crippen LogP contribution is 2.20. The van der Waals surface area contributed by atoms with Crippen LogP contribution in [-0.2, 0) is 4.79 Å². The highest BCUT2D eigenvalue weighted by Gasteiger charge is 2.29. The minimum absolute atomic E-state index is 0. The van der Waals surface area contributed by atoms with Gasteiger partial charge in [-0.05, 0) is 43.4 Å². The topological polar surface area (TPSA) is 75.4 Å². The molecule has 2 heterocycles. The Kier molecular flexibility index (Phi) is 11.4. The Morgan fingerprint density at radius 2 is 2.29 bits per heavy atom. The number of carbonyl (C=O) groups excluding carboxylic acids is 1. The molecule has 0 radical (unpaired) electrons. The normalized spacial score (nSPS) is 18.1. The van der Waals surface area contributed by atoms with Gasteiger partial charge in [-0.1, -0.05) is 0 Å². The Hall–Kier alpha value is -0.760. The van der Waals surface area contributed by atoms with E-state index in [1.54, 1.807) is 18.0 Å². The fourth-order valence-corrected chi connectivity index (χ4v) is 3.24. The molecule has 0 aliphatic carbocycles. The smallest absolute Gasteiger partial charge is 0.239 e. The molecule has 1 aliphatic rings. The lowest BCUT2D eigenvalue weighted by molar-refractivity contribution is -0.133. The van der Waals surface area contributed by atoms with Gasteiger partial charge in [0.1, 0.15) is 0 Å². The second-order valence-corrected chi connectivity index (χ2v) is 6.65. The predicted molar refractivity (Wildman–Crippen MR) is 106 cm³/mol. The highest BCUT2D eigenvalue weighted by atomic mass is 35.5. The van der Waals surface area contributed by atoms with Gasteiger partial charge in [-0.2, -0.15) is 16.9 Å². The second-order valence-electron chi connectivity index (χ2n) is 5.66. The maximum absolute atomic E-state index is 12.4. The quantitative estimate of drug-likeness (QED) is 0.791. The summed E-state index contributed by atoms with van der Waals surface area (Å²) in [7, 11) is 1.87. The molecular weight excluding hydrogens is 369 g/mol. The van der Waals surface area contributed by atoms with Gasteiger partial charge in [0.25, 0.3) is 0 Å². The zero-order chi connectivity index (χ0) is 15.9. The summed E-state index contributed by atoms with van der Waals surface area (Å²) in [5.41, 5.74) is 6.02. The lowest BCUT2D eigenvalue weighted by atomic mass is 10.0. The molecule has 0 spiro atoms. The molecule has 2 rings (SSSR count). The SMILES string of the molecule is CSCC[C@H](N)C(=O)N(C)C1CCCN(c2cccnn2)C1.Cl.Cl. The number of rotatable bonds is 6. The Morgan fingerprint density at radius 3 is 2.92 bits per heavy atom. The number of thioether (sulfide) groups is 1. The number of anilines is 1. The summed E-state index contributed by atoms with van der Waals surface area (Å²) in [5, 5.41) is 8.09. The number of nitrogens with two attached hydrogens (primary N) is 1. The number of likely N-dealkylation sites (N-methyl/N-ethyl adjacent to an activating group) is 1. The van der Waals surface area contributed by atoms with Crippen LogP contribution in [0.25, 0.3) is 0 Å². The average Bonchev–Trinajstić information content (AvgIpc) is 2.59. The van der Waals surface area contributed by atoms with Crippen molar-refractivity contribution < 1.29 is 4.79 Å². The van der Waals surface area contributed by atoms with E-state index in [1.807, 2.05) is 30.3 Å². The molecule has 0 saturated carbocycles. The first-order chi connectivity index (χ1) is 10.6. The van der Waals surface area contributed by atoms with Gasteiger partial charge in [-0.15, -0.1) is 29.9 Å². The molecule has 6 nitrogen and oxygen atoms in total. The first kappa shape index (κ1) is 23.2. The maximum Gasteiger partial charge on any atom is 0.239 e. The van der Waals surface area contributed by atoms with E-state index in [2.05, 4.69) is 15.1 Å². The average molecular weight is 396 g/mol. The molecule has 2 atom stereocenters. The largest absolute Gasteiger partial charge is 0.353 e. The van der Waals surface area contributed by atoms with Crippen molar-refractivity contribution in [3.63, 3.8) is 0 Å². The van der Waals surface area contributed by atoms with Crippen LogP contribution >= 0.6 is 36.6 Å². The van der Waals surface area contributed by atoms with E-state index in [0.717, 1.165) is 43.9 Å². The number of nitrogens with zero attached hydrogens (tertiary/aromatic N) is 4. The van der Waals surface area contributed by atoms with Crippen molar-refractivity contribution in [2.24, 2.45) is 5.73 Å². The molecule has 1 aromatic heterocycles. The summed E-state index contributed by atoms with van der Waals surface area (Å²) in [5.74, 6) is 1.83. The van der Waals surface area contributed by atoms with Crippen LogP contribution in [0.3, 0.4) is 0 Å². The molecule has 1 fully saturated rings. The zero-order valence-electron chi connectivity index (χ0n) is 14.1. The fourth-order valence-electron chi connectivity index (χ4n) is 2.75. The number of piperidine rings is 1. The molecule has 1 unspecified atom stereocenters. The summed E-state index contributed by atoms with van der Waals surface area (Å²) >= 11 is 1.72. The lowest BCUT2D eigenvalue weighted by Gasteiger charge is -2.38. The van der Waals surface area contributed by atoms with Gasteiger partial charge in [-0.3, -0.25) is 4.79 Å². The molecule has 0 aromatic carbocycles. The van der Waals surface area contributed by atoms with Crippen molar-refractivity contribution in [2.75, 3.05) is 37.0 Å². The Balaban J connectivity index is 0.00000264. The molecule has 0 bridgehead atoms. The van der Waals surface area contributed by atoms with E-state index in [9.17, 15) is 4.79 Å². The Bertz CT molecular complexity index is 482. The van der Waals surface area contributed by atoms with E-state index in [4.69, 9.17) is 5.73 Å². The lowest BCUT2D eigenvalue weighted by Crippen LogP contribution is -2.53. The number of carbonyl (C=O) groups is 1. The second kappa shape index (κ2) is 11.7. The Morgan fingerprint density at radius 1 is 1.54 bits per heavy atom. The maximum atomic E-state index is 12.4. The third-order valence-corrected chi connectivity index (χ3v) is 4.77. The third kappa shape index (κ3) is 6.27. The van der Waals surface area contributed by atoms with Crippen molar-refractivity contribution in [3.8, 4) is 0 Å². The van der Waals surface area contributed by atoms with E-state index in [1.165, 1.54) is 0 Å². The van der Waals surface area contributed by atoms with Gasteiger partial charge in [0, 0.05) is 32.4 Å². The number of hydrogen-bond donors (Lipinski definition) is 1. The third-order valence-electron chi connectivity index (χ3n) is 4.12. The molecule has 1 amide bonds. The van der Waals surface area contributed by atoms with Gasteiger partial charge >= 0.3 is 0 Å². The molecule has 2 N–H and O–H groups in total. The van der Waals surface area contributed by atoms with Crippen LogP contribution in [0.1, 0.15) is 19.3 Å². The molecule has 1 saturated heterocycles. The number of aromatic nitrogens is 2. The monoisotopic (exact) mass is 395 g/mol. The van der Waals surface area contributed by atoms with Crippen molar-refractivity contribution in [1.82, 2.24) is 15.1 Å². The van der Waals surface area contributed by atoms with Crippen LogP contribution in [0.15, 0.2) is 18.3 Å². The van der Waals surface area contributed by atoms with Crippen LogP contribution in [0, 0.1) is 0 Å². The predicted octanol–water partition coefficient (Wildman–Crippen LogP) is 1.83. The molecule has 1 aliphatic heterocycles. The van der Waals surface area contributed by atoms with Crippen LogP contribution in [-0.4, -0.2) is 65.2 Å². The summed E-state index contributed by atoms with van der Waals surface area (Å²) in [4.78, 5) is 16.5. The minimum atomic E-state index is -0.399. The van der Waals surface area contributed by atoms with E-state index in [-0.39, 0.29) is 36.8 Å². The van der Waals surface area contributed by atoms with Crippen LogP contribution < -0.4 is 10.6 Å². The van der Waals surface area contributed by atoms with Gasteiger partial charge in [0.15, 0.2) is 5.82 Å². The molecule has 1 aromatic rings. The van der Waals surface area contributed by atoms with Crippen molar-refractivity contribution in [1.29, 1.82) is 0 Å². The summed E-state index contributed by atoms with van der Waals surface area (Å²) < 4.78 is 0. The first-order valence-electron chi connectivity index (χ1n) is 7.67. The van der Waals surface area contributed by atoms with Gasteiger partial charge < -0.3 is 15.5 Å². The molecule has 138 valence electrons. The number of amides is 1. The van der Waals surface area contributed by atoms with Crippen molar-refractivity contribution >= 4 is 48.3 Å². The van der Waals surface area contributed by atoms with Crippen molar-refractivity contribution in [3.05, 3.63) is 18.3 Å². The van der Waals surface area contributed by atoms with Crippen LogP contribution in [0.5, 0.6) is 0 Å². The zero-order valence-corrected chi connectivity index (χ0v) is 16.6. The molecule has 9 heteroatoms. The standard InChI is InChI=1S/C15H25N5OS.2ClH/c1-19(15(21)13(16)7-10-22-2)12-5-4-9-20(11-12)14-6-3-8-17-18-14;;/h3,6,8,12-13H,4-5,7,9-11,16H2,1-2H3;2*1H/t12?,13-;;/m0../s1.